The standard InChI is InChI=1S/C19H30N2O3/c1-7-11-16(21(5,6)8-2)18(22)20-17-14(4)12-10-13-15(17)19(23)24-9-3/h10,12-13,16H,7-9,11H2,1-6H3/p+1. The SMILES string of the molecule is CCCC(C(=O)Nc1c(C)cccc1C(=O)OCC)[N+](C)(C)CC. The minimum atomic E-state index is -0.409. The predicted molar refractivity (Wildman–Crippen MR) is 97.1 cm³/mol. The van der Waals surface area contributed by atoms with E-state index in [4.69, 9.17) is 4.74 Å². The molecule has 5 nitrogen and oxygen atoms in total. The molecule has 0 saturated carbocycles. The Kier molecular flexibility index (Phi) is 7.42. The van der Waals surface area contributed by atoms with Crippen LogP contribution >= 0.6 is 0 Å². The Hall–Kier alpha value is -1.88. The Bertz CT molecular complexity index is 582. The van der Waals surface area contributed by atoms with Gasteiger partial charge in [-0.2, -0.15) is 0 Å². The van der Waals surface area contributed by atoms with Crippen LogP contribution in [0.25, 0.3) is 0 Å². The molecule has 0 spiro atoms. The second kappa shape index (κ2) is 8.83. The van der Waals surface area contributed by atoms with E-state index in [1.807, 2.05) is 13.0 Å². The van der Waals surface area contributed by atoms with Crippen molar-refractivity contribution >= 4 is 17.6 Å². The molecule has 1 amide bonds. The van der Waals surface area contributed by atoms with Crippen LogP contribution in [0.15, 0.2) is 18.2 Å². The van der Waals surface area contributed by atoms with Gasteiger partial charge in [0.15, 0.2) is 6.04 Å². The Labute approximate surface area is 145 Å². The fourth-order valence-corrected chi connectivity index (χ4v) is 2.71. The van der Waals surface area contributed by atoms with Gasteiger partial charge in [-0.05, 0) is 38.8 Å². The van der Waals surface area contributed by atoms with Crippen LogP contribution in [0.3, 0.4) is 0 Å². The van der Waals surface area contributed by atoms with Crippen molar-refractivity contribution < 1.29 is 18.8 Å². The van der Waals surface area contributed by atoms with E-state index >= 15 is 0 Å². The van der Waals surface area contributed by atoms with Gasteiger partial charge in [-0.1, -0.05) is 19.1 Å². The van der Waals surface area contributed by atoms with E-state index in [2.05, 4.69) is 33.3 Å². The summed E-state index contributed by atoms with van der Waals surface area (Å²) in [5.74, 6) is -0.462. The molecule has 0 radical (unpaired) electrons. The quantitative estimate of drug-likeness (QED) is 0.585. The average Bonchev–Trinajstić information content (AvgIpc) is 2.54. The van der Waals surface area contributed by atoms with Crippen LogP contribution in [-0.4, -0.2) is 49.6 Å². The van der Waals surface area contributed by atoms with Gasteiger partial charge >= 0.3 is 5.97 Å². The van der Waals surface area contributed by atoms with Crippen molar-refractivity contribution in [3.63, 3.8) is 0 Å². The zero-order valence-electron chi connectivity index (χ0n) is 15.8. The van der Waals surface area contributed by atoms with E-state index in [0.717, 1.165) is 24.9 Å². The van der Waals surface area contributed by atoms with Gasteiger partial charge in [-0.25, -0.2) is 4.79 Å². The summed E-state index contributed by atoms with van der Waals surface area (Å²) in [5, 5.41) is 2.99. The predicted octanol–water partition coefficient (Wildman–Crippen LogP) is 3.38. The van der Waals surface area contributed by atoms with E-state index in [9.17, 15) is 9.59 Å². The summed E-state index contributed by atoms with van der Waals surface area (Å²) < 4.78 is 5.72. The molecule has 0 heterocycles. The van der Waals surface area contributed by atoms with E-state index < -0.39 is 5.97 Å². The van der Waals surface area contributed by atoms with Gasteiger partial charge in [0.05, 0.1) is 38.5 Å². The van der Waals surface area contributed by atoms with Crippen molar-refractivity contribution in [1.82, 2.24) is 0 Å². The number of aryl methyl sites for hydroxylation is 1. The summed E-state index contributed by atoms with van der Waals surface area (Å²) in [6.45, 7) is 8.97. The van der Waals surface area contributed by atoms with Gasteiger partial charge in [0.1, 0.15) is 0 Å². The maximum atomic E-state index is 12.9. The number of amides is 1. The number of anilines is 1. The lowest BCUT2D eigenvalue weighted by Gasteiger charge is -2.36. The molecule has 1 aromatic carbocycles. The number of hydrogen-bond acceptors (Lipinski definition) is 3. The molecule has 1 aromatic rings. The van der Waals surface area contributed by atoms with Gasteiger partial charge in [0.2, 0.25) is 0 Å². The Balaban J connectivity index is 3.14. The number of ether oxygens (including phenoxy) is 1. The number of rotatable bonds is 8. The fraction of sp³-hybridized carbons (Fsp3) is 0.579. The number of nitrogens with one attached hydrogen (secondary N) is 1. The molecular weight excluding hydrogens is 304 g/mol. The summed E-state index contributed by atoms with van der Waals surface area (Å²) >= 11 is 0. The monoisotopic (exact) mass is 335 g/mol. The molecule has 1 unspecified atom stereocenters. The largest absolute Gasteiger partial charge is 0.462 e. The van der Waals surface area contributed by atoms with Crippen LogP contribution in [0.2, 0.25) is 0 Å². The lowest BCUT2D eigenvalue weighted by Crippen LogP contribution is -2.54. The number of esters is 1. The minimum absolute atomic E-state index is 0.0523. The molecule has 0 aromatic heterocycles. The zero-order valence-corrected chi connectivity index (χ0v) is 15.8. The molecule has 0 fully saturated rings. The molecule has 0 aliphatic rings. The molecule has 0 saturated heterocycles. The third-order valence-electron chi connectivity index (χ3n) is 4.54. The highest BCUT2D eigenvalue weighted by Gasteiger charge is 2.33. The highest BCUT2D eigenvalue weighted by molar-refractivity contribution is 6.03. The van der Waals surface area contributed by atoms with Gasteiger partial charge in [-0.3, -0.25) is 4.79 Å². The second-order valence-electron chi connectivity index (χ2n) is 6.61. The lowest BCUT2D eigenvalue weighted by atomic mass is 10.0. The van der Waals surface area contributed by atoms with Gasteiger partial charge in [0, 0.05) is 6.42 Å². The van der Waals surface area contributed by atoms with E-state index in [-0.39, 0.29) is 11.9 Å². The number of para-hydroxylation sites is 1. The summed E-state index contributed by atoms with van der Waals surface area (Å²) in [4.78, 5) is 25.1. The molecule has 24 heavy (non-hydrogen) atoms. The molecule has 5 heteroatoms. The van der Waals surface area contributed by atoms with E-state index in [0.29, 0.717) is 22.3 Å². The van der Waals surface area contributed by atoms with Crippen molar-refractivity contribution in [3.05, 3.63) is 29.3 Å². The van der Waals surface area contributed by atoms with Crippen LogP contribution in [0.1, 0.15) is 49.5 Å². The van der Waals surface area contributed by atoms with Crippen LogP contribution in [0.4, 0.5) is 5.69 Å². The Morgan fingerprint density at radius 2 is 1.88 bits per heavy atom. The number of likely N-dealkylation sites (N-methyl/N-ethyl adjacent to an activating group) is 1. The average molecular weight is 335 g/mol. The first-order chi connectivity index (χ1) is 11.3. The number of nitrogens with zero attached hydrogens (tertiary/aromatic N) is 1. The molecule has 1 rings (SSSR count). The van der Waals surface area contributed by atoms with Crippen molar-refractivity contribution in [2.24, 2.45) is 0 Å². The Morgan fingerprint density at radius 3 is 2.42 bits per heavy atom. The number of hydrogen-bond donors (Lipinski definition) is 1. The van der Waals surface area contributed by atoms with E-state index in [1.165, 1.54) is 0 Å². The van der Waals surface area contributed by atoms with Crippen LogP contribution in [-0.2, 0) is 9.53 Å². The summed E-state index contributed by atoms with van der Waals surface area (Å²) in [7, 11) is 4.12. The van der Waals surface area contributed by atoms with Crippen molar-refractivity contribution in [3.8, 4) is 0 Å². The van der Waals surface area contributed by atoms with E-state index in [1.54, 1.807) is 19.1 Å². The third kappa shape index (κ3) is 4.81. The van der Waals surface area contributed by atoms with Crippen molar-refractivity contribution in [1.29, 1.82) is 0 Å². The number of benzene rings is 1. The molecular formula is C19H31N2O3+. The fourth-order valence-electron chi connectivity index (χ4n) is 2.71. The lowest BCUT2D eigenvalue weighted by molar-refractivity contribution is -0.904. The number of carbonyl (C=O) groups excluding carboxylic acids is 2. The normalized spacial score (nSPS) is 12.6. The Morgan fingerprint density at radius 1 is 1.21 bits per heavy atom. The first-order valence-electron chi connectivity index (χ1n) is 8.68. The molecule has 0 bridgehead atoms. The maximum Gasteiger partial charge on any atom is 0.340 e. The second-order valence-corrected chi connectivity index (χ2v) is 6.61. The molecule has 1 atom stereocenters. The van der Waals surface area contributed by atoms with Crippen molar-refractivity contribution in [2.75, 3.05) is 32.6 Å². The minimum Gasteiger partial charge on any atom is -0.462 e. The summed E-state index contributed by atoms with van der Waals surface area (Å²) in [6, 6.07) is 5.21. The third-order valence-corrected chi connectivity index (χ3v) is 4.54. The van der Waals surface area contributed by atoms with Crippen LogP contribution < -0.4 is 5.32 Å². The number of quaternary nitrogens is 1. The van der Waals surface area contributed by atoms with Crippen LogP contribution in [0, 0.1) is 6.92 Å². The van der Waals surface area contributed by atoms with Crippen molar-refractivity contribution in [2.45, 2.75) is 46.6 Å². The topological polar surface area (TPSA) is 55.4 Å². The summed E-state index contributed by atoms with van der Waals surface area (Å²) in [6.07, 6.45) is 1.73. The molecule has 1 N–H and O–H groups in total. The first-order valence-corrected chi connectivity index (χ1v) is 8.68. The van der Waals surface area contributed by atoms with Crippen LogP contribution in [0.5, 0.6) is 0 Å². The highest BCUT2D eigenvalue weighted by Crippen LogP contribution is 2.23. The molecule has 0 aliphatic heterocycles. The van der Waals surface area contributed by atoms with Gasteiger partial charge < -0.3 is 14.5 Å². The maximum absolute atomic E-state index is 12.9. The smallest absolute Gasteiger partial charge is 0.340 e. The highest BCUT2D eigenvalue weighted by atomic mass is 16.5. The molecule has 134 valence electrons. The van der Waals surface area contributed by atoms with Gasteiger partial charge in [0.25, 0.3) is 5.91 Å². The molecule has 0 aliphatic carbocycles. The summed E-state index contributed by atoms with van der Waals surface area (Å²) in [5.41, 5.74) is 1.81. The zero-order chi connectivity index (χ0) is 18.3. The van der Waals surface area contributed by atoms with Gasteiger partial charge in [-0.15, -0.1) is 0 Å². The number of carbonyl (C=O) groups is 2. The first kappa shape index (κ1) is 20.2.